The quantitative estimate of drug-likeness (QED) is 0.523. The number of aromatic nitrogens is 2. The van der Waals surface area contributed by atoms with Gasteiger partial charge in [0, 0.05) is 11.9 Å². The Morgan fingerprint density at radius 3 is 2.84 bits per heavy atom. The molecule has 0 atom stereocenters. The first-order chi connectivity index (χ1) is 12.2. The number of rotatable bonds is 6. The van der Waals surface area contributed by atoms with Crippen molar-refractivity contribution in [2.75, 3.05) is 0 Å². The Balaban J connectivity index is 1.77. The van der Waals surface area contributed by atoms with Gasteiger partial charge in [0.15, 0.2) is 5.16 Å². The molecule has 2 aromatic heterocycles. The van der Waals surface area contributed by atoms with Gasteiger partial charge in [0.25, 0.3) is 0 Å². The fourth-order valence-electron chi connectivity index (χ4n) is 2.27. The second-order valence-corrected chi connectivity index (χ2v) is 7.07. The van der Waals surface area contributed by atoms with Crippen molar-refractivity contribution in [3.8, 4) is 16.6 Å². The van der Waals surface area contributed by atoms with Gasteiger partial charge in [-0.25, -0.2) is 9.97 Å². The number of thiophene rings is 1. The van der Waals surface area contributed by atoms with Gasteiger partial charge in [0.2, 0.25) is 0 Å². The topological polar surface area (TPSA) is 86.9 Å². The minimum atomic E-state index is -0.846. The standard InChI is InChI=1S/C18H13N3O2S2/c19-9-14-10-20-18(21-17(14)15-5-2-6-24-15)25-11-13-4-1-3-12(7-13)8-16(22)23/h1-7,10H,8,11H2,(H,22,23). The zero-order valence-corrected chi connectivity index (χ0v) is 14.7. The molecule has 0 unspecified atom stereocenters. The molecule has 7 heteroatoms. The van der Waals surface area contributed by atoms with Crippen LogP contribution in [0.1, 0.15) is 16.7 Å². The van der Waals surface area contributed by atoms with Crippen molar-refractivity contribution in [2.45, 2.75) is 17.3 Å². The number of nitriles is 1. The van der Waals surface area contributed by atoms with Crippen LogP contribution in [0.2, 0.25) is 0 Å². The summed E-state index contributed by atoms with van der Waals surface area (Å²) in [4.78, 5) is 20.5. The van der Waals surface area contributed by atoms with Crippen molar-refractivity contribution in [1.82, 2.24) is 9.97 Å². The van der Waals surface area contributed by atoms with Gasteiger partial charge in [-0.3, -0.25) is 4.79 Å². The van der Waals surface area contributed by atoms with Crippen LogP contribution in [-0.4, -0.2) is 21.0 Å². The first-order valence-electron chi connectivity index (χ1n) is 7.39. The van der Waals surface area contributed by atoms with Gasteiger partial charge in [-0.2, -0.15) is 5.26 Å². The molecule has 0 fully saturated rings. The predicted octanol–water partition coefficient (Wildman–Crippen LogP) is 4.00. The van der Waals surface area contributed by atoms with Crippen LogP contribution < -0.4 is 0 Å². The maximum Gasteiger partial charge on any atom is 0.307 e. The number of hydrogen-bond donors (Lipinski definition) is 1. The highest BCUT2D eigenvalue weighted by Gasteiger charge is 2.11. The third-order valence-corrected chi connectivity index (χ3v) is 5.17. The SMILES string of the molecule is N#Cc1cnc(SCc2cccc(CC(=O)O)c2)nc1-c1cccs1. The fraction of sp³-hybridized carbons (Fsp3) is 0.111. The van der Waals surface area contributed by atoms with E-state index in [1.165, 1.54) is 23.1 Å². The molecule has 0 amide bonds. The summed E-state index contributed by atoms with van der Waals surface area (Å²) >= 11 is 2.99. The maximum absolute atomic E-state index is 10.8. The monoisotopic (exact) mass is 367 g/mol. The number of benzene rings is 1. The normalized spacial score (nSPS) is 10.4. The van der Waals surface area contributed by atoms with E-state index in [4.69, 9.17) is 5.11 Å². The molecule has 0 aliphatic rings. The molecule has 0 saturated heterocycles. The molecule has 0 aliphatic heterocycles. The van der Waals surface area contributed by atoms with Crippen molar-refractivity contribution < 1.29 is 9.90 Å². The van der Waals surface area contributed by atoms with E-state index in [2.05, 4.69) is 16.0 Å². The predicted molar refractivity (Wildman–Crippen MR) is 97.4 cm³/mol. The lowest BCUT2D eigenvalue weighted by atomic mass is 10.1. The molecule has 2 heterocycles. The van der Waals surface area contributed by atoms with Gasteiger partial charge >= 0.3 is 5.97 Å². The van der Waals surface area contributed by atoms with Crippen LogP contribution in [0.4, 0.5) is 0 Å². The molecule has 0 spiro atoms. The molecule has 0 radical (unpaired) electrons. The average Bonchev–Trinajstić information content (AvgIpc) is 3.14. The highest BCUT2D eigenvalue weighted by molar-refractivity contribution is 7.98. The summed E-state index contributed by atoms with van der Waals surface area (Å²) < 4.78 is 0. The first kappa shape index (κ1) is 17.1. The van der Waals surface area contributed by atoms with Gasteiger partial charge in [-0.1, -0.05) is 42.1 Å². The highest BCUT2D eigenvalue weighted by Crippen LogP contribution is 2.28. The van der Waals surface area contributed by atoms with Crippen molar-refractivity contribution in [3.05, 3.63) is 64.7 Å². The third-order valence-electron chi connectivity index (χ3n) is 3.36. The summed E-state index contributed by atoms with van der Waals surface area (Å²) in [5.41, 5.74) is 2.88. The van der Waals surface area contributed by atoms with E-state index in [9.17, 15) is 10.1 Å². The zero-order chi connectivity index (χ0) is 17.6. The molecule has 1 aromatic carbocycles. The minimum Gasteiger partial charge on any atom is -0.481 e. The van der Waals surface area contributed by atoms with Crippen LogP contribution in [0.3, 0.4) is 0 Å². The summed E-state index contributed by atoms with van der Waals surface area (Å²) in [5, 5.41) is 20.7. The van der Waals surface area contributed by atoms with Crippen molar-refractivity contribution in [3.63, 3.8) is 0 Å². The molecule has 3 rings (SSSR count). The second-order valence-electron chi connectivity index (χ2n) is 5.18. The van der Waals surface area contributed by atoms with Gasteiger partial charge in [0.1, 0.15) is 11.8 Å². The van der Waals surface area contributed by atoms with E-state index in [1.807, 2.05) is 35.7 Å². The molecule has 0 saturated carbocycles. The summed E-state index contributed by atoms with van der Waals surface area (Å²) in [6.45, 7) is 0. The molecule has 1 N–H and O–H groups in total. The molecule has 3 aromatic rings. The van der Waals surface area contributed by atoms with Gasteiger partial charge in [-0.05, 0) is 22.6 Å². The average molecular weight is 367 g/mol. The maximum atomic E-state index is 10.8. The second kappa shape index (κ2) is 7.92. The molecular weight excluding hydrogens is 354 g/mol. The van der Waals surface area contributed by atoms with Crippen LogP contribution in [-0.2, 0) is 17.0 Å². The Kier molecular flexibility index (Phi) is 5.43. The number of nitrogens with zero attached hydrogens (tertiary/aromatic N) is 3. The first-order valence-corrected chi connectivity index (χ1v) is 9.25. The minimum absolute atomic E-state index is 0.00833. The lowest BCUT2D eigenvalue weighted by Crippen LogP contribution is -2.00. The number of carboxylic acids is 1. The van der Waals surface area contributed by atoms with Crippen LogP contribution in [0.25, 0.3) is 10.6 Å². The molecule has 5 nitrogen and oxygen atoms in total. The van der Waals surface area contributed by atoms with Gasteiger partial charge < -0.3 is 5.11 Å². The molecular formula is C18H13N3O2S2. The highest BCUT2D eigenvalue weighted by atomic mass is 32.2. The van der Waals surface area contributed by atoms with Crippen LogP contribution in [0, 0.1) is 11.3 Å². The van der Waals surface area contributed by atoms with Crippen LogP contribution >= 0.6 is 23.1 Å². The number of thioether (sulfide) groups is 1. The zero-order valence-electron chi connectivity index (χ0n) is 13.0. The number of carboxylic acid groups (broad SMARTS) is 1. The van der Waals surface area contributed by atoms with Crippen LogP contribution in [0.5, 0.6) is 0 Å². The van der Waals surface area contributed by atoms with E-state index in [0.717, 1.165) is 16.0 Å². The Hall–Kier alpha value is -2.69. The van der Waals surface area contributed by atoms with Crippen molar-refractivity contribution in [2.24, 2.45) is 0 Å². The summed E-state index contributed by atoms with van der Waals surface area (Å²) in [6, 6.07) is 13.5. The summed E-state index contributed by atoms with van der Waals surface area (Å²) in [7, 11) is 0. The van der Waals surface area contributed by atoms with E-state index in [1.54, 1.807) is 12.3 Å². The molecule has 25 heavy (non-hydrogen) atoms. The van der Waals surface area contributed by atoms with E-state index >= 15 is 0 Å². The number of hydrogen-bond acceptors (Lipinski definition) is 6. The number of aliphatic carboxylic acids is 1. The van der Waals surface area contributed by atoms with E-state index < -0.39 is 5.97 Å². The molecule has 0 bridgehead atoms. The van der Waals surface area contributed by atoms with Crippen molar-refractivity contribution in [1.29, 1.82) is 5.26 Å². The third kappa shape index (κ3) is 4.44. The summed E-state index contributed by atoms with van der Waals surface area (Å²) in [6.07, 6.45) is 1.56. The largest absolute Gasteiger partial charge is 0.481 e. The fourth-order valence-corrected chi connectivity index (χ4v) is 3.76. The molecule has 0 aliphatic carbocycles. The van der Waals surface area contributed by atoms with E-state index in [-0.39, 0.29) is 6.42 Å². The Morgan fingerprint density at radius 1 is 1.28 bits per heavy atom. The smallest absolute Gasteiger partial charge is 0.307 e. The number of carbonyl (C=O) groups is 1. The Bertz CT molecular complexity index is 934. The summed E-state index contributed by atoms with van der Waals surface area (Å²) in [5.74, 6) is -0.218. The Labute approximate surface area is 153 Å². The Morgan fingerprint density at radius 2 is 2.12 bits per heavy atom. The van der Waals surface area contributed by atoms with E-state index in [0.29, 0.717) is 22.2 Å². The van der Waals surface area contributed by atoms with Crippen molar-refractivity contribution >= 4 is 29.1 Å². The molecule has 124 valence electrons. The van der Waals surface area contributed by atoms with Crippen LogP contribution in [0.15, 0.2) is 53.1 Å². The lowest BCUT2D eigenvalue weighted by molar-refractivity contribution is -0.136. The van der Waals surface area contributed by atoms with Gasteiger partial charge in [0.05, 0.1) is 16.9 Å². The van der Waals surface area contributed by atoms with Gasteiger partial charge in [-0.15, -0.1) is 11.3 Å². The lowest BCUT2D eigenvalue weighted by Gasteiger charge is -2.05.